The van der Waals surface area contributed by atoms with Crippen LogP contribution in [0.3, 0.4) is 0 Å². The molecule has 0 atom stereocenters. The highest BCUT2D eigenvalue weighted by Crippen LogP contribution is 2.26. The van der Waals surface area contributed by atoms with Gasteiger partial charge in [0.15, 0.2) is 0 Å². The maximum absolute atomic E-state index is 4.81. The zero-order chi connectivity index (χ0) is 14.8. The second kappa shape index (κ2) is 5.80. The van der Waals surface area contributed by atoms with Crippen LogP contribution in [-0.2, 0) is 0 Å². The van der Waals surface area contributed by atoms with Crippen molar-refractivity contribution in [1.82, 2.24) is 4.98 Å². The largest absolute Gasteiger partial charge is 0.372 e. The Hall–Kier alpha value is -2.35. The van der Waals surface area contributed by atoms with Gasteiger partial charge < -0.3 is 4.90 Å². The maximum Gasteiger partial charge on any atom is 0.0711 e. The molecule has 0 saturated carbocycles. The monoisotopic (exact) mass is 288 g/mol. The number of piperidine rings is 1. The average Bonchev–Trinajstić information content (AvgIpc) is 2.62. The highest BCUT2D eigenvalue weighted by molar-refractivity contribution is 5.85. The van der Waals surface area contributed by atoms with Gasteiger partial charge in [0.05, 0.1) is 11.2 Å². The van der Waals surface area contributed by atoms with Crippen LogP contribution in [0, 0.1) is 0 Å². The summed E-state index contributed by atoms with van der Waals surface area (Å²) in [6.07, 6.45) is 3.98. The second-order valence-electron chi connectivity index (χ2n) is 5.99. The first-order chi connectivity index (χ1) is 10.9. The number of anilines is 1. The van der Waals surface area contributed by atoms with Gasteiger partial charge in [-0.05, 0) is 43.5 Å². The van der Waals surface area contributed by atoms with Crippen LogP contribution in [0.2, 0.25) is 0 Å². The lowest BCUT2D eigenvalue weighted by atomic mass is 10.1. The predicted molar refractivity (Wildman–Crippen MR) is 93.2 cm³/mol. The molecule has 0 amide bonds. The van der Waals surface area contributed by atoms with Crippen molar-refractivity contribution in [2.24, 2.45) is 0 Å². The summed E-state index contributed by atoms with van der Waals surface area (Å²) in [7, 11) is 0. The number of benzene rings is 2. The highest BCUT2D eigenvalue weighted by atomic mass is 15.1. The summed E-state index contributed by atoms with van der Waals surface area (Å²) in [6, 6.07) is 21.3. The van der Waals surface area contributed by atoms with Crippen molar-refractivity contribution < 1.29 is 0 Å². The highest BCUT2D eigenvalue weighted by Gasteiger charge is 2.11. The molecule has 22 heavy (non-hydrogen) atoms. The Morgan fingerprint density at radius 3 is 2.41 bits per heavy atom. The minimum absolute atomic E-state index is 1.04. The fraction of sp³-hybridized carbons (Fsp3) is 0.250. The molecule has 1 saturated heterocycles. The summed E-state index contributed by atoms with van der Waals surface area (Å²) in [5.41, 5.74) is 4.62. The van der Waals surface area contributed by atoms with Gasteiger partial charge in [0.25, 0.3) is 0 Å². The van der Waals surface area contributed by atoms with Crippen LogP contribution in [0.4, 0.5) is 5.69 Å². The van der Waals surface area contributed by atoms with E-state index in [2.05, 4.69) is 59.5 Å². The van der Waals surface area contributed by atoms with Crippen molar-refractivity contribution in [3.05, 3.63) is 60.7 Å². The normalized spacial score (nSPS) is 15.2. The fourth-order valence-electron chi connectivity index (χ4n) is 3.23. The number of nitrogens with zero attached hydrogens (tertiary/aromatic N) is 2. The Bertz CT molecular complexity index is 774. The first-order valence-electron chi connectivity index (χ1n) is 8.11. The van der Waals surface area contributed by atoms with Crippen LogP contribution in [0.1, 0.15) is 19.3 Å². The van der Waals surface area contributed by atoms with Crippen molar-refractivity contribution in [2.75, 3.05) is 18.0 Å². The molecule has 0 spiro atoms. The molecule has 1 aliphatic rings. The Labute approximate surface area is 131 Å². The topological polar surface area (TPSA) is 16.1 Å². The Kier molecular flexibility index (Phi) is 3.51. The number of hydrogen-bond donors (Lipinski definition) is 0. The van der Waals surface area contributed by atoms with Gasteiger partial charge in [-0.3, -0.25) is 0 Å². The third-order valence-electron chi connectivity index (χ3n) is 4.46. The van der Waals surface area contributed by atoms with Crippen LogP contribution in [0.25, 0.3) is 22.2 Å². The Morgan fingerprint density at radius 1 is 0.773 bits per heavy atom. The van der Waals surface area contributed by atoms with Crippen LogP contribution >= 0.6 is 0 Å². The van der Waals surface area contributed by atoms with E-state index in [0.717, 1.165) is 11.2 Å². The lowest BCUT2D eigenvalue weighted by Gasteiger charge is -2.29. The molecule has 3 aromatic rings. The van der Waals surface area contributed by atoms with Gasteiger partial charge >= 0.3 is 0 Å². The van der Waals surface area contributed by atoms with Gasteiger partial charge in [-0.1, -0.05) is 36.4 Å². The smallest absolute Gasteiger partial charge is 0.0711 e. The summed E-state index contributed by atoms with van der Waals surface area (Å²) in [4.78, 5) is 7.31. The van der Waals surface area contributed by atoms with E-state index in [0.29, 0.717) is 0 Å². The minimum Gasteiger partial charge on any atom is -0.372 e. The molecule has 0 radical (unpaired) electrons. The zero-order valence-electron chi connectivity index (χ0n) is 12.7. The molecule has 110 valence electrons. The first kappa shape index (κ1) is 13.3. The second-order valence-corrected chi connectivity index (χ2v) is 5.99. The van der Waals surface area contributed by atoms with Crippen molar-refractivity contribution in [3.63, 3.8) is 0 Å². The summed E-state index contributed by atoms with van der Waals surface area (Å²) in [5, 5.41) is 1.22. The summed E-state index contributed by atoms with van der Waals surface area (Å²) in [5.74, 6) is 0. The molecule has 2 heterocycles. The number of fused-ring (bicyclic) bond motifs is 1. The van der Waals surface area contributed by atoms with Crippen molar-refractivity contribution in [1.29, 1.82) is 0 Å². The van der Waals surface area contributed by atoms with E-state index in [9.17, 15) is 0 Å². The zero-order valence-corrected chi connectivity index (χ0v) is 12.7. The minimum atomic E-state index is 1.04. The molecule has 1 fully saturated rings. The molecule has 2 nitrogen and oxygen atoms in total. The van der Waals surface area contributed by atoms with Gasteiger partial charge in [-0.2, -0.15) is 0 Å². The molecule has 1 aromatic heterocycles. The SMILES string of the molecule is c1ccc(-c2ccc3cc(N4CCCCC4)ccc3n2)cc1. The standard InChI is InChI=1S/C20H20N2/c1-3-7-16(8-4-1)19-11-9-17-15-18(10-12-20(17)21-19)22-13-5-2-6-14-22/h1,3-4,7-12,15H,2,5-6,13-14H2. The molecule has 0 aliphatic carbocycles. The molecule has 2 aromatic carbocycles. The number of aromatic nitrogens is 1. The van der Waals surface area contributed by atoms with Crippen molar-refractivity contribution in [2.45, 2.75) is 19.3 Å². The van der Waals surface area contributed by atoms with Crippen LogP contribution in [0.5, 0.6) is 0 Å². The number of rotatable bonds is 2. The first-order valence-corrected chi connectivity index (χ1v) is 8.11. The van der Waals surface area contributed by atoms with Crippen LogP contribution in [0.15, 0.2) is 60.7 Å². The molecule has 4 rings (SSSR count). The van der Waals surface area contributed by atoms with Gasteiger partial charge in [0.2, 0.25) is 0 Å². The van der Waals surface area contributed by atoms with E-state index in [-0.39, 0.29) is 0 Å². The van der Waals surface area contributed by atoms with E-state index in [4.69, 9.17) is 4.98 Å². The molecule has 0 unspecified atom stereocenters. The van der Waals surface area contributed by atoms with E-state index >= 15 is 0 Å². The van der Waals surface area contributed by atoms with Gasteiger partial charge in [0, 0.05) is 29.7 Å². The van der Waals surface area contributed by atoms with E-state index in [1.807, 2.05) is 6.07 Å². The van der Waals surface area contributed by atoms with Gasteiger partial charge in [-0.25, -0.2) is 4.98 Å². The van der Waals surface area contributed by atoms with Gasteiger partial charge in [-0.15, -0.1) is 0 Å². The third-order valence-corrected chi connectivity index (χ3v) is 4.46. The van der Waals surface area contributed by atoms with E-state index in [1.165, 1.54) is 49.0 Å². The van der Waals surface area contributed by atoms with E-state index in [1.54, 1.807) is 0 Å². The predicted octanol–water partition coefficient (Wildman–Crippen LogP) is 4.89. The molecular weight excluding hydrogens is 268 g/mol. The lowest BCUT2D eigenvalue weighted by Crippen LogP contribution is -2.29. The fourth-order valence-corrected chi connectivity index (χ4v) is 3.23. The van der Waals surface area contributed by atoms with E-state index < -0.39 is 0 Å². The summed E-state index contributed by atoms with van der Waals surface area (Å²) >= 11 is 0. The Balaban J connectivity index is 1.70. The molecule has 0 N–H and O–H groups in total. The molecule has 1 aliphatic heterocycles. The number of pyridine rings is 1. The maximum atomic E-state index is 4.81. The molecular formula is C20H20N2. The number of hydrogen-bond acceptors (Lipinski definition) is 2. The van der Waals surface area contributed by atoms with Crippen LogP contribution < -0.4 is 4.90 Å². The lowest BCUT2D eigenvalue weighted by molar-refractivity contribution is 0.578. The summed E-state index contributed by atoms with van der Waals surface area (Å²) < 4.78 is 0. The van der Waals surface area contributed by atoms with Crippen molar-refractivity contribution in [3.8, 4) is 11.3 Å². The average molecular weight is 288 g/mol. The van der Waals surface area contributed by atoms with Gasteiger partial charge in [0.1, 0.15) is 0 Å². The molecule has 2 heteroatoms. The molecule has 0 bridgehead atoms. The Morgan fingerprint density at radius 2 is 1.59 bits per heavy atom. The quantitative estimate of drug-likeness (QED) is 0.667. The third kappa shape index (κ3) is 2.57. The van der Waals surface area contributed by atoms with Crippen molar-refractivity contribution >= 4 is 16.6 Å². The summed E-state index contributed by atoms with van der Waals surface area (Å²) in [6.45, 7) is 2.36. The van der Waals surface area contributed by atoms with Crippen LogP contribution in [-0.4, -0.2) is 18.1 Å².